The highest BCUT2D eigenvalue weighted by Crippen LogP contribution is 2.25. The first-order valence-electron chi connectivity index (χ1n) is 7.15. The van der Waals surface area contributed by atoms with Crippen LogP contribution < -0.4 is 0 Å². The summed E-state index contributed by atoms with van der Waals surface area (Å²) in [5, 5.41) is 9.62. The average molecular weight is 307 g/mol. The predicted octanol–water partition coefficient (Wildman–Crippen LogP) is 3.35. The smallest absolute Gasteiger partial charge is 0.313 e. The molecule has 0 aliphatic carbocycles. The van der Waals surface area contributed by atoms with Crippen molar-refractivity contribution in [2.24, 2.45) is 5.92 Å². The third kappa shape index (κ3) is 3.97. The maximum atomic E-state index is 10.8. The van der Waals surface area contributed by atoms with Gasteiger partial charge in [0.2, 0.25) is 0 Å². The summed E-state index contributed by atoms with van der Waals surface area (Å²) >= 11 is 1.26. The van der Waals surface area contributed by atoms with E-state index in [0.29, 0.717) is 5.92 Å². The molecule has 0 unspecified atom stereocenters. The molecule has 2 rings (SSSR count). The number of nitrogens with zero attached hydrogens (tertiary/aromatic N) is 3. The zero-order valence-corrected chi connectivity index (χ0v) is 13.5. The quantitative estimate of drug-likeness (QED) is 0.794. The van der Waals surface area contributed by atoms with E-state index in [1.807, 2.05) is 13.0 Å². The van der Waals surface area contributed by atoms with Gasteiger partial charge in [0, 0.05) is 12.7 Å². The second-order valence-corrected chi connectivity index (χ2v) is 6.51. The number of rotatable bonds is 7. The summed E-state index contributed by atoms with van der Waals surface area (Å²) in [4.78, 5) is 19.8. The Kier molecular flexibility index (Phi) is 5.22. The van der Waals surface area contributed by atoms with Crippen LogP contribution in [0, 0.1) is 12.8 Å². The van der Waals surface area contributed by atoms with Crippen LogP contribution in [-0.4, -0.2) is 31.4 Å². The maximum absolute atomic E-state index is 10.8. The van der Waals surface area contributed by atoms with Crippen LogP contribution in [0.5, 0.6) is 0 Å². The first-order chi connectivity index (χ1) is 9.99. The van der Waals surface area contributed by atoms with Crippen LogP contribution in [0.25, 0.3) is 11.2 Å². The Bertz CT molecular complexity index is 637. The minimum Gasteiger partial charge on any atom is -0.481 e. The number of pyridine rings is 1. The van der Waals surface area contributed by atoms with Gasteiger partial charge in [-0.3, -0.25) is 4.79 Å². The van der Waals surface area contributed by atoms with Crippen molar-refractivity contribution in [2.75, 3.05) is 5.75 Å². The predicted molar refractivity (Wildman–Crippen MR) is 84.7 cm³/mol. The molecular weight excluding hydrogens is 286 g/mol. The van der Waals surface area contributed by atoms with Crippen molar-refractivity contribution in [2.45, 2.75) is 45.3 Å². The van der Waals surface area contributed by atoms with E-state index in [-0.39, 0.29) is 5.75 Å². The zero-order chi connectivity index (χ0) is 15.4. The van der Waals surface area contributed by atoms with Crippen LogP contribution >= 0.6 is 11.8 Å². The molecule has 0 saturated carbocycles. The molecule has 0 atom stereocenters. The molecule has 0 amide bonds. The van der Waals surface area contributed by atoms with E-state index in [9.17, 15) is 4.79 Å². The van der Waals surface area contributed by atoms with Crippen molar-refractivity contribution in [3.05, 3.63) is 17.8 Å². The fourth-order valence-electron chi connectivity index (χ4n) is 2.21. The SMILES string of the molecule is Cc1ccnc2c1nc(SCC(=O)O)n2CCCC(C)C. The van der Waals surface area contributed by atoms with E-state index in [4.69, 9.17) is 5.11 Å². The molecule has 1 N–H and O–H groups in total. The molecule has 2 aromatic rings. The number of aryl methyl sites for hydroxylation is 2. The van der Waals surface area contributed by atoms with Gasteiger partial charge in [-0.15, -0.1) is 0 Å². The van der Waals surface area contributed by atoms with E-state index >= 15 is 0 Å². The van der Waals surface area contributed by atoms with Crippen molar-refractivity contribution in [1.29, 1.82) is 0 Å². The first-order valence-corrected chi connectivity index (χ1v) is 8.14. The second kappa shape index (κ2) is 6.93. The van der Waals surface area contributed by atoms with Crippen LogP contribution in [0.4, 0.5) is 0 Å². The van der Waals surface area contributed by atoms with Gasteiger partial charge in [-0.25, -0.2) is 9.97 Å². The Hall–Kier alpha value is -1.56. The van der Waals surface area contributed by atoms with Gasteiger partial charge in [0.05, 0.1) is 5.75 Å². The maximum Gasteiger partial charge on any atom is 0.313 e. The zero-order valence-electron chi connectivity index (χ0n) is 12.7. The summed E-state index contributed by atoms with van der Waals surface area (Å²) in [5.41, 5.74) is 2.79. The van der Waals surface area contributed by atoms with Gasteiger partial charge in [-0.2, -0.15) is 0 Å². The normalized spacial score (nSPS) is 11.4. The largest absolute Gasteiger partial charge is 0.481 e. The van der Waals surface area contributed by atoms with Gasteiger partial charge in [-0.1, -0.05) is 25.6 Å². The lowest BCUT2D eigenvalue weighted by molar-refractivity contribution is -0.133. The molecule has 0 aliphatic rings. The Morgan fingerprint density at radius 3 is 2.90 bits per heavy atom. The number of aliphatic carboxylic acids is 1. The fourth-order valence-corrected chi connectivity index (χ4v) is 2.96. The standard InChI is InChI=1S/C15H21N3O2S/c1-10(2)5-4-8-18-14-13(11(3)6-7-16-14)17-15(18)21-9-12(19)20/h6-7,10H,4-5,8-9H2,1-3H3,(H,19,20). The number of fused-ring (bicyclic) bond motifs is 1. The van der Waals surface area contributed by atoms with Crippen LogP contribution in [0.15, 0.2) is 17.4 Å². The minimum atomic E-state index is -0.828. The molecule has 0 saturated heterocycles. The summed E-state index contributed by atoms with van der Waals surface area (Å²) in [7, 11) is 0. The molecular formula is C15H21N3O2S. The molecule has 2 aromatic heterocycles. The van der Waals surface area contributed by atoms with Gasteiger partial charge >= 0.3 is 5.97 Å². The molecule has 0 bridgehead atoms. The average Bonchev–Trinajstić information content (AvgIpc) is 2.76. The van der Waals surface area contributed by atoms with Gasteiger partial charge in [0.25, 0.3) is 0 Å². The minimum absolute atomic E-state index is 0.0204. The fraction of sp³-hybridized carbons (Fsp3) is 0.533. The number of thioether (sulfide) groups is 1. The van der Waals surface area contributed by atoms with E-state index in [1.165, 1.54) is 11.8 Å². The summed E-state index contributed by atoms with van der Waals surface area (Å²) in [5.74, 6) is -0.151. The third-order valence-corrected chi connectivity index (χ3v) is 4.25. The Morgan fingerprint density at radius 1 is 1.48 bits per heavy atom. The first kappa shape index (κ1) is 15.8. The molecule has 0 radical (unpaired) electrons. The number of hydrogen-bond donors (Lipinski definition) is 1. The van der Waals surface area contributed by atoms with Crippen LogP contribution in [-0.2, 0) is 11.3 Å². The van der Waals surface area contributed by atoms with Crippen molar-refractivity contribution in [3.8, 4) is 0 Å². The molecule has 5 nitrogen and oxygen atoms in total. The van der Waals surface area contributed by atoms with Gasteiger partial charge in [-0.05, 0) is 37.3 Å². The molecule has 0 fully saturated rings. The molecule has 0 spiro atoms. The van der Waals surface area contributed by atoms with Gasteiger partial charge in [0.15, 0.2) is 10.8 Å². The molecule has 0 aromatic carbocycles. The van der Waals surface area contributed by atoms with Gasteiger partial charge in [0.1, 0.15) is 5.52 Å². The van der Waals surface area contributed by atoms with Gasteiger partial charge < -0.3 is 9.67 Å². The summed E-state index contributed by atoms with van der Waals surface area (Å²) in [6.45, 7) is 7.23. The summed E-state index contributed by atoms with van der Waals surface area (Å²) in [6.07, 6.45) is 3.96. The second-order valence-electron chi connectivity index (χ2n) is 5.56. The van der Waals surface area contributed by atoms with Crippen molar-refractivity contribution in [1.82, 2.24) is 14.5 Å². The number of carbonyl (C=O) groups is 1. The highest BCUT2D eigenvalue weighted by molar-refractivity contribution is 7.99. The number of carboxylic acids is 1. The van der Waals surface area contributed by atoms with Crippen LogP contribution in [0.2, 0.25) is 0 Å². The highest BCUT2D eigenvalue weighted by atomic mass is 32.2. The Balaban J connectivity index is 2.30. The van der Waals surface area contributed by atoms with E-state index in [2.05, 4.69) is 28.4 Å². The van der Waals surface area contributed by atoms with Crippen LogP contribution in [0.3, 0.4) is 0 Å². The lowest BCUT2D eigenvalue weighted by atomic mass is 10.1. The summed E-state index contributed by atoms with van der Waals surface area (Å²) in [6, 6.07) is 1.93. The third-order valence-electron chi connectivity index (χ3n) is 3.29. The monoisotopic (exact) mass is 307 g/mol. The number of imidazole rings is 1. The summed E-state index contributed by atoms with van der Waals surface area (Å²) < 4.78 is 2.05. The molecule has 114 valence electrons. The Morgan fingerprint density at radius 2 is 2.24 bits per heavy atom. The molecule has 21 heavy (non-hydrogen) atoms. The highest BCUT2D eigenvalue weighted by Gasteiger charge is 2.15. The molecule has 0 aliphatic heterocycles. The van der Waals surface area contributed by atoms with E-state index in [0.717, 1.165) is 41.3 Å². The number of aromatic nitrogens is 3. The van der Waals surface area contributed by atoms with E-state index in [1.54, 1.807) is 6.20 Å². The van der Waals surface area contributed by atoms with Crippen molar-refractivity contribution < 1.29 is 9.90 Å². The molecule has 6 heteroatoms. The molecule has 2 heterocycles. The number of carboxylic acid groups (broad SMARTS) is 1. The van der Waals surface area contributed by atoms with Crippen LogP contribution in [0.1, 0.15) is 32.3 Å². The Labute approximate surface area is 128 Å². The topological polar surface area (TPSA) is 68.0 Å². The van der Waals surface area contributed by atoms with E-state index < -0.39 is 5.97 Å². The number of hydrogen-bond acceptors (Lipinski definition) is 4. The van der Waals surface area contributed by atoms with Crippen molar-refractivity contribution in [3.63, 3.8) is 0 Å². The lowest BCUT2D eigenvalue weighted by Gasteiger charge is -2.09. The lowest BCUT2D eigenvalue weighted by Crippen LogP contribution is -2.05. The van der Waals surface area contributed by atoms with Crippen molar-refractivity contribution >= 4 is 28.9 Å².